The summed E-state index contributed by atoms with van der Waals surface area (Å²) in [6.07, 6.45) is -0.827. The molecule has 0 aliphatic carbocycles. The number of rotatable bonds is 2. The van der Waals surface area contributed by atoms with Gasteiger partial charge >= 0.3 is 18.1 Å². The number of hydrogen-bond donors (Lipinski definition) is 0. The molecule has 0 N–H and O–H groups in total. The predicted molar refractivity (Wildman–Crippen MR) is 51.7 cm³/mol. The van der Waals surface area contributed by atoms with Gasteiger partial charge in [-0.05, 0) is 26.0 Å². The number of halogens is 3. The van der Waals surface area contributed by atoms with E-state index >= 15 is 0 Å². The Morgan fingerprint density at radius 1 is 1.41 bits per heavy atom. The molecule has 0 saturated carbocycles. The number of alkyl halides is 3. The van der Waals surface area contributed by atoms with Crippen LogP contribution < -0.4 is 0 Å². The second-order valence-electron chi connectivity index (χ2n) is 3.58. The molecule has 1 unspecified atom stereocenters. The van der Waals surface area contributed by atoms with E-state index in [-0.39, 0.29) is 0 Å². The van der Waals surface area contributed by atoms with Gasteiger partial charge in [-0.3, -0.25) is 0 Å². The fourth-order valence-electron chi connectivity index (χ4n) is 1.63. The minimum Gasteiger partial charge on any atom is -0.385 e. The van der Waals surface area contributed by atoms with Gasteiger partial charge in [0.2, 0.25) is 0 Å². The molecule has 0 aromatic carbocycles. The van der Waals surface area contributed by atoms with Gasteiger partial charge in [0, 0.05) is 6.54 Å². The summed E-state index contributed by atoms with van der Waals surface area (Å²) in [5, 5.41) is 0. The van der Waals surface area contributed by atoms with Crippen molar-refractivity contribution in [2.75, 3.05) is 6.54 Å². The fourth-order valence-corrected chi connectivity index (χ4v) is 1.63. The van der Waals surface area contributed by atoms with E-state index < -0.39 is 24.2 Å². The summed E-state index contributed by atoms with van der Waals surface area (Å²) < 4.78 is 39.5. The van der Waals surface area contributed by atoms with Crippen LogP contribution in [0.25, 0.3) is 0 Å². The fraction of sp³-hybridized carbons (Fsp3) is 0.600. The van der Waals surface area contributed by atoms with Crippen LogP contribution in [-0.2, 0) is 14.3 Å². The molecule has 1 heterocycles. The van der Waals surface area contributed by atoms with Crippen LogP contribution in [0.3, 0.4) is 0 Å². The molecule has 4 nitrogen and oxygen atoms in total. The van der Waals surface area contributed by atoms with Gasteiger partial charge in [0.15, 0.2) is 0 Å². The standard InChI is InChI=1S/C10H12F3NO3/c1-2-5-14-6-3-4-7(14)8(15)17-9(16)10(11,12)13/h2,5,7H,3-4,6H2,1H3. The van der Waals surface area contributed by atoms with E-state index in [0.717, 1.165) is 0 Å². The molecule has 1 rings (SSSR count). The van der Waals surface area contributed by atoms with Crippen LogP contribution in [0.15, 0.2) is 12.3 Å². The van der Waals surface area contributed by atoms with Crippen LogP contribution in [0.4, 0.5) is 13.2 Å². The van der Waals surface area contributed by atoms with Crippen LogP contribution in [0.2, 0.25) is 0 Å². The Morgan fingerprint density at radius 2 is 2.06 bits per heavy atom. The van der Waals surface area contributed by atoms with Crippen LogP contribution in [-0.4, -0.2) is 35.6 Å². The van der Waals surface area contributed by atoms with Crippen molar-refractivity contribution in [2.24, 2.45) is 0 Å². The quantitative estimate of drug-likeness (QED) is 0.552. The van der Waals surface area contributed by atoms with Gasteiger partial charge in [-0.2, -0.15) is 13.2 Å². The maximum atomic E-state index is 11.9. The monoisotopic (exact) mass is 251 g/mol. The maximum Gasteiger partial charge on any atom is 0.491 e. The van der Waals surface area contributed by atoms with Gasteiger partial charge in [0.05, 0.1) is 0 Å². The number of nitrogens with zero attached hydrogens (tertiary/aromatic N) is 1. The van der Waals surface area contributed by atoms with Crippen molar-refractivity contribution >= 4 is 11.9 Å². The minimum absolute atomic E-state index is 0.383. The number of allylic oxidation sites excluding steroid dienone is 1. The molecule has 0 aromatic heterocycles. The van der Waals surface area contributed by atoms with Crippen LogP contribution in [0.1, 0.15) is 19.8 Å². The van der Waals surface area contributed by atoms with Crippen molar-refractivity contribution in [3.63, 3.8) is 0 Å². The average Bonchev–Trinajstić information content (AvgIpc) is 2.65. The zero-order valence-electron chi connectivity index (χ0n) is 9.16. The third kappa shape index (κ3) is 3.47. The SMILES string of the molecule is CC=CN1CCCC1C(=O)OC(=O)C(F)(F)F. The van der Waals surface area contributed by atoms with Crippen molar-refractivity contribution < 1.29 is 27.5 Å². The number of ether oxygens (including phenoxy) is 1. The summed E-state index contributed by atoms with van der Waals surface area (Å²) in [5.41, 5.74) is 0. The van der Waals surface area contributed by atoms with Gasteiger partial charge < -0.3 is 9.64 Å². The summed E-state index contributed by atoms with van der Waals surface area (Å²) in [6.45, 7) is 2.28. The van der Waals surface area contributed by atoms with Crippen molar-refractivity contribution in [3.8, 4) is 0 Å². The molecule has 0 amide bonds. The summed E-state index contributed by atoms with van der Waals surface area (Å²) in [5.74, 6) is -3.61. The first-order valence-electron chi connectivity index (χ1n) is 5.07. The number of carbonyl (C=O) groups is 2. The zero-order chi connectivity index (χ0) is 13.1. The summed E-state index contributed by atoms with van der Waals surface area (Å²) in [4.78, 5) is 23.4. The molecule has 96 valence electrons. The Balaban J connectivity index is 2.61. The van der Waals surface area contributed by atoms with E-state index in [1.807, 2.05) is 0 Å². The van der Waals surface area contributed by atoms with Gasteiger partial charge in [0.1, 0.15) is 6.04 Å². The highest BCUT2D eigenvalue weighted by atomic mass is 19.4. The third-order valence-corrected chi connectivity index (χ3v) is 2.33. The number of carbonyl (C=O) groups excluding carboxylic acids is 2. The lowest BCUT2D eigenvalue weighted by Gasteiger charge is -2.20. The van der Waals surface area contributed by atoms with Crippen molar-refractivity contribution in [1.29, 1.82) is 0 Å². The van der Waals surface area contributed by atoms with Gasteiger partial charge in [0.25, 0.3) is 0 Å². The first kappa shape index (κ1) is 13.5. The summed E-state index contributed by atoms with van der Waals surface area (Å²) in [7, 11) is 0. The van der Waals surface area contributed by atoms with Crippen LogP contribution in [0.5, 0.6) is 0 Å². The highest BCUT2D eigenvalue weighted by Crippen LogP contribution is 2.21. The highest BCUT2D eigenvalue weighted by Gasteiger charge is 2.44. The Morgan fingerprint density at radius 3 is 2.59 bits per heavy atom. The molecule has 1 saturated heterocycles. The smallest absolute Gasteiger partial charge is 0.385 e. The first-order chi connectivity index (χ1) is 7.86. The van der Waals surface area contributed by atoms with E-state index in [0.29, 0.717) is 19.4 Å². The summed E-state index contributed by atoms with van der Waals surface area (Å²) >= 11 is 0. The average molecular weight is 251 g/mol. The number of esters is 2. The zero-order valence-corrected chi connectivity index (χ0v) is 9.16. The lowest BCUT2D eigenvalue weighted by Crippen LogP contribution is -2.38. The molecule has 1 aliphatic rings. The Kier molecular flexibility index (Phi) is 4.14. The summed E-state index contributed by atoms with van der Waals surface area (Å²) in [6, 6.07) is -0.808. The Hall–Kier alpha value is -1.53. The maximum absolute atomic E-state index is 11.9. The molecule has 0 bridgehead atoms. The molecule has 0 spiro atoms. The number of likely N-dealkylation sites (tertiary alicyclic amines) is 1. The highest BCUT2D eigenvalue weighted by molar-refractivity contribution is 5.91. The van der Waals surface area contributed by atoms with Crippen molar-refractivity contribution in [2.45, 2.75) is 32.0 Å². The third-order valence-electron chi connectivity index (χ3n) is 2.33. The van der Waals surface area contributed by atoms with Gasteiger partial charge in [-0.1, -0.05) is 6.08 Å². The lowest BCUT2D eigenvalue weighted by molar-refractivity contribution is -0.203. The second kappa shape index (κ2) is 5.20. The Labute approximate surface area is 96.0 Å². The molecular formula is C10H12F3NO3. The lowest BCUT2D eigenvalue weighted by atomic mass is 10.2. The van der Waals surface area contributed by atoms with Crippen LogP contribution >= 0.6 is 0 Å². The molecule has 17 heavy (non-hydrogen) atoms. The molecule has 7 heteroatoms. The van der Waals surface area contributed by atoms with Crippen molar-refractivity contribution in [1.82, 2.24) is 4.90 Å². The second-order valence-corrected chi connectivity index (χ2v) is 3.58. The molecule has 1 aliphatic heterocycles. The van der Waals surface area contributed by atoms with Crippen molar-refractivity contribution in [3.05, 3.63) is 12.3 Å². The van der Waals surface area contributed by atoms with E-state index in [4.69, 9.17) is 0 Å². The Bertz CT molecular complexity index is 338. The van der Waals surface area contributed by atoms with Gasteiger partial charge in [-0.15, -0.1) is 0 Å². The normalized spacial score (nSPS) is 20.9. The number of hydrogen-bond acceptors (Lipinski definition) is 4. The molecule has 1 fully saturated rings. The largest absolute Gasteiger partial charge is 0.491 e. The molecular weight excluding hydrogens is 239 g/mol. The van der Waals surface area contributed by atoms with Gasteiger partial charge in [-0.25, -0.2) is 9.59 Å². The van der Waals surface area contributed by atoms with E-state index in [9.17, 15) is 22.8 Å². The first-order valence-corrected chi connectivity index (χ1v) is 5.07. The molecule has 1 atom stereocenters. The molecule has 0 radical (unpaired) electrons. The predicted octanol–water partition coefficient (Wildman–Crippen LogP) is 1.62. The van der Waals surface area contributed by atoms with E-state index in [1.54, 1.807) is 24.1 Å². The molecule has 0 aromatic rings. The minimum atomic E-state index is -5.14. The van der Waals surface area contributed by atoms with E-state index in [2.05, 4.69) is 4.74 Å². The van der Waals surface area contributed by atoms with E-state index in [1.165, 1.54) is 0 Å². The van der Waals surface area contributed by atoms with Crippen LogP contribution in [0, 0.1) is 0 Å². The topological polar surface area (TPSA) is 46.6 Å².